The smallest absolute Gasteiger partial charge is 0.407 e. The van der Waals surface area contributed by atoms with Crippen LogP contribution in [0.1, 0.15) is 37.8 Å². The van der Waals surface area contributed by atoms with Crippen LogP contribution in [0.3, 0.4) is 0 Å². The Bertz CT molecular complexity index is 1470. The van der Waals surface area contributed by atoms with Crippen LogP contribution in [0.5, 0.6) is 17.4 Å². The fraction of sp³-hybridized carbons (Fsp3) is 0.344. The topological polar surface area (TPSA) is 106 Å². The highest BCUT2D eigenvalue weighted by Gasteiger charge is 2.39. The lowest BCUT2D eigenvalue weighted by Crippen LogP contribution is -2.50. The summed E-state index contributed by atoms with van der Waals surface area (Å²) in [5.74, 6) is 1.34. The minimum atomic E-state index is -0.691. The maximum atomic E-state index is 13.0. The first-order valence-electron chi connectivity index (χ1n) is 13.9. The zero-order valence-corrected chi connectivity index (χ0v) is 23.7. The largest absolute Gasteiger partial charge is 0.493 e. The molecular weight excluding hydrogens is 520 g/mol. The van der Waals surface area contributed by atoms with Gasteiger partial charge in [-0.1, -0.05) is 60.7 Å². The van der Waals surface area contributed by atoms with E-state index >= 15 is 0 Å². The third-order valence-electron chi connectivity index (χ3n) is 7.23. The van der Waals surface area contributed by atoms with Crippen molar-refractivity contribution in [1.29, 1.82) is 0 Å². The molecule has 1 saturated heterocycles. The quantitative estimate of drug-likeness (QED) is 0.273. The van der Waals surface area contributed by atoms with Crippen LogP contribution in [0.25, 0.3) is 10.9 Å². The molecule has 0 atom stereocenters. The molecule has 3 aromatic carbocycles. The normalized spacial score (nSPS) is 14.6. The van der Waals surface area contributed by atoms with Crippen LogP contribution < -0.4 is 19.7 Å². The van der Waals surface area contributed by atoms with Crippen LogP contribution in [-0.2, 0) is 17.7 Å². The summed E-state index contributed by atoms with van der Waals surface area (Å²) in [6, 6.07) is 23.3. The van der Waals surface area contributed by atoms with Gasteiger partial charge in [-0.15, -0.1) is 0 Å². The molecular formula is C32H36N4O5. The van der Waals surface area contributed by atoms with Crippen LogP contribution in [0.4, 0.5) is 10.7 Å². The Labute approximate surface area is 240 Å². The van der Waals surface area contributed by atoms with E-state index in [1.165, 1.54) is 0 Å². The zero-order chi connectivity index (χ0) is 28.8. The molecule has 1 aromatic heterocycles. The number of benzene rings is 3. The molecule has 0 saturated carbocycles. The summed E-state index contributed by atoms with van der Waals surface area (Å²) in [6.07, 6.45) is 1.26. The number of methoxy groups -OCH3 is 1. The zero-order valence-electron chi connectivity index (χ0n) is 23.7. The molecule has 214 valence electrons. The molecule has 2 heterocycles. The van der Waals surface area contributed by atoms with Crippen molar-refractivity contribution in [3.63, 3.8) is 0 Å². The number of hydrogen-bond acceptors (Lipinski definition) is 8. The van der Waals surface area contributed by atoms with Gasteiger partial charge in [0, 0.05) is 45.0 Å². The lowest BCUT2D eigenvalue weighted by molar-refractivity contribution is -0.00745. The number of carbonyl (C=O) groups is 1. The maximum Gasteiger partial charge on any atom is 0.407 e. The maximum absolute atomic E-state index is 13.0. The Balaban J connectivity index is 1.34. The Morgan fingerprint density at radius 2 is 1.63 bits per heavy atom. The Kier molecular flexibility index (Phi) is 8.42. The van der Waals surface area contributed by atoms with Crippen LogP contribution >= 0.6 is 0 Å². The summed E-state index contributed by atoms with van der Waals surface area (Å²) < 4.78 is 17.5. The van der Waals surface area contributed by atoms with Crippen LogP contribution in [0.2, 0.25) is 0 Å². The van der Waals surface area contributed by atoms with Gasteiger partial charge in [0.1, 0.15) is 5.60 Å². The number of aromatic nitrogens is 2. The fourth-order valence-electron chi connectivity index (χ4n) is 5.16. The van der Waals surface area contributed by atoms with Crippen molar-refractivity contribution >= 4 is 22.9 Å². The number of rotatable bonds is 9. The van der Waals surface area contributed by atoms with Crippen LogP contribution in [0, 0.1) is 0 Å². The molecule has 1 aliphatic rings. The summed E-state index contributed by atoms with van der Waals surface area (Å²) >= 11 is 0. The van der Waals surface area contributed by atoms with Crippen molar-refractivity contribution in [3.05, 3.63) is 83.9 Å². The van der Waals surface area contributed by atoms with E-state index in [-0.39, 0.29) is 12.0 Å². The van der Waals surface area contributed by atoms with Gasteiger partial charge in [-0.3, -0.25) is 0 Å². The average molecular weight is 557 g/mol. The number of aromatic hydroxyl groups is 1. The summed E-state index contributed by atoms with van der Waals surface area (Å²) in [7, 11) is 1.56. The molecule has 0 bridgehead atoms. The summed E-state index contributed by atoms with van der Waals surface area (Å²) in [6.45, 7) is 5.37. The van der Waals surface area contributed by atoms with E-state index in [1.807, 2.05) is 67.3 Å². The minimum Gasteiger partial charge on any atom is -0.493 e. The predicted molar refractivity (Wildman–Crippen MR) is 158 cm³/mol. The second-order valence-corrected chi connectivity index (χ2v) is 10.6. The van der Waals surface area contributed by atoms with Gasteiger partial charge in [-0.2, -0.15) is 4.98 Å². The van der Waals surface area contributed by atoms with Gasteiger partial charge in [0.25, 0.3) is 0 Å². The SMILES string of the molecule is COc1cc2c(O)nc(N3CCC(Cc4ccccc4)(OC(=O)NCc4ccccc4)CC3)nc2cc1OC(C)C. The Morgan fingerprint density at radius 3 is 2.27 bits per heavy atom. The standard InChI is InChI=1S/C32H36N4O5/c1-22(2)40-28-19-26-25(18-27(28)39-3)29(37)35-30(34-26)36-16-14-32(15-17-36,20-23-10-6-4-7-11-23)41-31(38)33-21-24-12-8-5-9-13-24/h4-13,18-19,22H,14-17,20-21H2,1-3H3,(H,33,38)(H,34,35,37). The van der Waals surface area contributed by atoms with Gasteiger partial charge in [0.15, 0.2) is 11.5 Å². The third-order valence-corrected chi connectivity index (χ3v) is 7.23. The van der Waals surface area contributed by atoms with E-state index in [1.54, 1.807) is 19.2 Å². The van der Waals surface area contributed by atoms with Crippen molar-refractivity contribution < 1.29 is 24.1 Å². The lowest BCUT2D eigenvalue weighted by atomic mass is 9.85. The molecule has 0 aliphatic carbocycles. The van der Waals surface area contributed by atoms with E-state index in [2.05, 4.69) is 22.4 Å². The van der Waals surface area contributed by atoms with Gasteiger partial charge in [0.2, 0.25) is 11.8 Å². The van der Waals surface area contributed by atoms with Gasteiger partial charge < -0.3 is 29.5 Å². The van der Waals surface area contributed by atoms with Crippen molar-refractivity contribution in [1.82, 2.24) is 15.3 Å². The average Bonchev–Trinajstić information content (AvgIpc) is 2.97. The monoisotopic (exact) mass is 556 g/mol. The Morgan fingerprint density at radius 1 is 0.976 bits per heavy atom. The number of fused-ring (bicyclic) bond motifs is 1. The molecule has 5 rings (SSSR count). The summed E-state index contributed by atoms with van der Waals surface area (Å²) in [4.78, 5) is 24.1. The molecule has 1 amide bonds. The number of ether oxygens (including phenoxy) is 3. The number of alkyl carbamates (subject to hydrolysis) is 1. The van der Waals surface area contributed by atoms with E-state index in [4.69, 9.17) is 19.2 Å². The fourth-order valence-corrected chi connectivity index (χ4v) is 5.16. The second-order valence-electron chi connectivity index (χ2n) is 10.6. The van der Waals surface area contributed by atoms with E-state index < -0.39 is 11.7 Å². The summed E-state index contributed by atoms with van der Waals surface area (Å²) in [5.41, 5.74) is 1.97. The molecule has 9 heteroatoms. The van der Waals surface area contributed by atoms with Gasteiger partial charge in [0.05, 0.1) is 24.1 Å². The van der Waals surface area contributed by atoms with E-state index in [0.717, 1.165) is 11.1 Å². The first-order valence-corrected chi connectivity index (χ1v) is 13.9. The molecule has 41 heavy (non-hydrogen) atoms. The van der Waals surface area contributed by atoms with E-state index in [0.29, 0.717) is 67.2 Å². The van der Waals surface area contributed by atoms with Crippen LogP contribution in [0.15, 0.2) is 72.8 Å². The molecule has 1 aliphatic heterocycles. The molecule has 0 radical (unpaired) electrons. The second kappa shape index (κ2) is 12.3. The number of nitrogens with one attached hydrogen (secondary N) is 1. The first kappa shape index (κ1) is 28.0. The van der Waals surface area contributed by atoms with Crippen molar-refractivity contribution in [2.45, 2.75) is 51.4 Å². The van der Waals surface area contributed by atoms with Gasteiger partial charge in [-0.25, -0.2) is 9.78 Å². The highest BCUT2D eigenvalue weighted by molar-refractivity contribution is 5.87. The number of nitrogens with zero attached hydrogens (tertiary/aromatic N) is 3. The lowest BCUT2D eigenvalue weighted by Gasteiger charge is -2.41. The molecule has 4 aromatic rings. The van der Waals surface area contributed by atoms with Crippen molar-refractivity contribution in [2.75, 3.05) is 25.1 Å². The molecule has 1 fully saturated rings. The number of piperidine rings is 1. The highest BCUT2D eigenvalue weighted by Crippen LogP contribution is 2.37. The predicted octanol–water partition coefficient (Wildman–Crippen LogP) is 5.64. The molecule has 9 nitrogen and oxygen atoms in total. The number of hydrogen-bond donors (Lipinski definition) is 2. The van der Waals surface area contributed by atoms with E-state index in [9.17, 15) is 9.90 Å². The van der Waals surface area contributed by atoms with Gasteiger partial charge >= 0.3 is 6.09 Å². The minimum absolute atomic E-state index is 0.0546. The van der Waals surface area contributed by atoms with Crippen molar-refractivity contribution in [2.24, 2.45) is 0 Å². The Hall–Kier alpha value is -4.53. The van der Waals surface area contributed by atoms with Crippen molar-refractivity contribution in [3.8, 4) is 17.4 Å². The number of anilines is 1. The number of carbonyl (C=O) groups excluding carboxylic acids is 1. The molecule has 0 spiro atoms. The van der Waals surface area contributed by atoms with Crippen LogP contribution in [-0.4, -0.2) is 53.1 Å². The molecule has 0 unspecified atom stereocenters. The number of amides is 1. The molecule has 2 N–H and O–H groups in total. The first-order chi connectivity index (χ1) is 19.8. The van der Waals surface area contributed by atoms with Gasteiger partial charge in [-0.05, 0) is 31.0 Å². The third kappa shape index (κ3) is 6.80. The highest BCUT2D eigenvalue weighted by atomic mass is 16.6. The summed E-state index contributed by atoms with van der Waals surface area (Å²) in [5, 5.41) is 14.2.